The van der Waals surface area contributed by atoms with E-state index in [-0.39, 0.29) is 0 Å². The standard InChI is InChI=1S/C54H36N2O/c1-3-5-20-37(4-2)56-48-27-16-15-22-39(48)40-29-28-36(33-49(40)56)50-41-23-11-13-25-43(41)51(44-26-14-12-24-42(44)50)46-32-35-19-9-10-21-38(35)52-45(46)30-31-47-53(52)57-54(55-47)34-17-7-6-8-18-34/h3-33H,1H2,2H3/b20-5-,37-4+. The molecule has 2 heterocycles. The van der Waals surface area contributed by atoms with Gasteiger partial charge in [0.25, 0.3) is 0 Å². The molecule has 0 atom stereocenters. The molecule has 0 saturated heterocycles. The predicted octanol–water partition coefficient (Wildman–Crippen LogP) is 15.2. The van der Waals surface area contributed by atoms with Gasteiger partial charge in [0.15, 0.2) is 5.58 Å². The van der Waals surface area contributed by atoms with Gasteiger partial charge in [-0.1, -0.05) is 152 Å². The third kappa shape index (κ3) is 5.02. The third-order valence-corrected chi connectivity index (χ3v) is 11.5. The van der Waals surface area contributed by atoms with Gasteiger partial charge in [0, 0.05) is 27.4 Å². The number of para-hydroxylation sites is 1. The number of hydrogen-bond acceptors (Lipinski definition) is 2. The van der Waals surface area contributed by atoms with E-state index in [1.807, 2.05) is 42.5 Å². The van der Waals surface area contributed by atoms with Crippen LogP contribution in [-0.4, -0.2) is 9.55 Å². The van der Waals surface area contributed by atoms with Crippen LogP contribution in [0.3, 0.4) is 0 Å². The number of oxazole rings is 1. The lowest BCUT2D eigenvalue weighted by Gasteiger charge is -2.20. The molecule has 0 N–H and O–H groups in total. The maximum atomic E-state index is 6.71. The highest BCUT2D eigenvalue weighted by Gasteiger charge is 2.22. The number of nitrogens with zero attached hydrogens (tertiary/aromatic N) is 2. The van der Waals surface area contributed by atoms with Gasteiger partial charge in [0.05, 0.1) is 11.0 Å². The molecule has 11 aromatic rings. The fourth-order valence-corrected chi connectivity index (χ4v) is 9.08. The Morgan fingerprint density at radius 3 is 1.89 bits per heavy atom. The Morgan fingerprint density at radius 2 is 1.18 bits per heavy atom. The first-order valence-electron chi connectivity index (χ1n) is 19.5. The molecule has 0 aliphatic carbocycles. The van der Waals surface area contributed by atoms with Gasteiger partial charge in [-0.15, -0.1) is 0 Å². The molecule has 2 aromatic heterocycles. The summed E-state index contributed by atoms with van der Waals surface area (Å²) in [5, 5.41) is 11.8. The van der Waals surface area contributed by atoms with Gasteiger partial charge in [0.2, 0.25) is 5.89 Å². The summed E-state index contributed by atoms with van der Waals surface area (Å²) in [5.74, 6) is 0.627. The summed E-state index contributed by atoms with van der Waals surface area (Å²) in [6.45, 7) is 6.04. The van der Waals surface area contributed by atoms with E-state index in [4.69, 9.17) is 9.40 Å². The number of aromatic nitrogens is 2. The number of allylic oxidation sites excluding steroid dienone is 5. The fourth-order valence-electron chi connectivity index (χ4n) is 9.08. The van der Waals surface area contributed by atoms with E-state index in [0.29, 0.717) is 5.89 Å². The van der Waals surface area contributed by atoms with Crippen molar-refractivity contribution in [1.82, 2.24) is 9.55 Å². The van der Waals surface area contributed by atoms with E-state index in [0.717, 1.165) is 43.9 Å². The minimum absolute atomic E-state index is 0.627. The van der Waals surface area contributed by atoms with Gasteiger partial charge < -0.3 is 8.98 Å². The second-order valence-corrected chi connectivity index (χ2v) is 14.6. The smallest absolute Gasteiger partial charge is 0.227 e. The van der Waals surface area contributed by atoms with E-state index in [1.54, 1.807) is 0 Å². The molecule has 0 bridgehead atoms. The van der Waals surface area contributed by atoms with Crippen LogP contribution < -0.4 is 0 Å². The van der Waals surface area contributed by atoms with Crippen LogP contribution in [0, 0.1) is 0 Å². The van der Waals surface area contributed by atoms with Gasteiger partial charge in [-0.3, -0.25) is 0 Å². The van der Waals surface area contributed by atoms with E-state index < -0.39 is 0 Å². The molecule has 0 aliphatic rings. The van der Waals surface area contributed by atoms with Crippen molar-refractivity contribution in [2.24, 2.45) is 0 Å². The predicted molar refractivity (Wildman–Crippen MR) is 243 cm³/mol. The van der Waals surface area contributed by atoms with Crippen LogP contribution in [0.2, 0.25) is 0 Å². The molecule has 0 aliphatic heterocycles. The van der Waals surface area contributed by atoms with Gasteiger partial charge in [0.1, 0.15) is 5.52 Å². The first-order chi connectivity index (χ1) is 28.2. The van der Waals surface area contributed by atoms with E-state index >= 15 is 0 Å². The average Bonchev–Trinajstić information content (AvgIpc) is 3.86. The maximum Gasteiger partial charge on any atom is 0.227 e. The van der Waals surface area contributed by atoms with Crippen molar-refractivity contribution in [3.63, 3.8) is 0 Å². The van der Waals surface area contributed by atoms with Crippen molar-refractivity contribution in [3.05, 3.63) is 195 Å². The Hall–Kier alpha value is -7.49. The molecule has 3 nitrogen and oxygen atoms in total. The summed E-state index contributed by atoms with van der Waals surface area (Å²) in [6, 6.07) is 59.0. The van der Waals surface area contributed by atoms with E-state index in [9.17, 15) is 0 Å². The molecule has 57 heavy (non-hydrogen) atoms. The molecule has 3 heteroatoms. The molecule has 9 aromatic carbocycles. The molecule has 268 valence electrons. The Bertz CT molecular complexity index is 3430. The molecule has 0 amide bonds. The second-order valence-electron chi connectivity index (χ2n) is 14.6. The van der Waals surface area contributed by atoms with Gasteiger partial charge >= 0.3 is 0 Å². The summed E-state index contributed by atoms with van der Waals surface area (Å²) < 4.78 is 9.08. The number of hydrogen-bond donors (Lipinski definition) is 0. The van der Waals surface area contributed by atoms with Crippen LogP contribution in [0.15, 0.2) is 199 Å². The molecular formula is C54H36N2O. The number of rotatable bonds is 6. The van der Waals surface area contributed by atoms with Crippen molar-refractivity contribution in [2.45, 2.75) is 6.92 Å². The Labute approximate surface area is 329 Å². The van der Waals surface area contributed by atoms with Crippen LogP contribution in [0.4, 0.5) is 0 Å². The SMILES string of the molecule is C=C/C=C\C(=C/C)n1c2ccccc2c2ccc(-c3c4ccccc4c(-c4cc5ccccc5c5c4ccc4nc(-c6ccccc6)oc45)c4ccccc34)cc21. The minimum atomic E-state index is 0.627. The molecule has 0 unspecified atom stereocenters. The molecule has 0 radical (unpaired) electrons. The van der Waals surface area contributed by atoms with Crippen LogP contribution in [0.25, 0.3) is 115 Å². The second kappa shape index (κ2) is 13.1. The first kappa shape index (κ1) is 32.9. The van der Waals surface area contributed by atoms with Crippen molar-refractivity contribution in [2.75, 3.05) is 0 Å². The summed E-state index contributed by atoms with van der Waals surface area (Å²) in [4.78, 5) is 4.98. The molecule has 11 rings (SSSR count). The van der Waals surface area contributed by atoms with E-state index in [1.165, 1.54) is 65.6 Å². The highest BCUT2D eigenvalue weighted by atomic mass is 16.3. The van der Waals surface area contributed by atoms with Crippen LogP contribution >= 0.6 is 0 Å². The highest BCUT2D eigenvalue weighted by molar-refractivity contribution is 6.28. The minimum Gasteiger partial charge on any atom is -0.435 e. The Morgan fingerprint density at radius 1 is 0.561 bits per heavy atom. The largest absolute Gasteiger partial charge is 0.435 e. The lowest BCUT2D eigenvalue weighted by molar-refractivity contribution is 0.623. The quantitative estimate of drug-likeness (QED) is 0.0970. The van der Waals surface area contributed by atoms with Crippen molar-refractivity contribution < 1.29 is 4.42 Å². The highest BCUT2D eigenvalue weighted by Crippen LogP contribution is 2.48. The third-order valence-electron chi connectivity index (χ3n) is 11.5. The average molecular weight is 729 g/mol. The summed E-state index contributed by atoms with van der Waals surface area (Å²) >= 11 is 0. The normalized spacial score (nSPS) is 12.4. The van der Waals surface area contributed by atoms with Crippen molar-refractivity contribution in [1.29, 1.82) is 0 Å². The zero-order valence-corrected chi connectivity index (χ0v) is 31.4. The number of benzene rings is 9. The van der Waals surface area contributed by atoms with Crippen LogP contribution in [-0.2, 0) is 0 Å². The van der Waals surface area contributed by atoms with E-state index in [2.05, 4.69) is 164 Å². The molecule has 0 spiro atoms. The van der Waals surface area contributed by atoms with Crippen molar-refractivity contribution >= 4 is 81.7 Å². The zero-order chi connectivity index (χ0) is 38.0. The van der Waals surface area contributed by atoms with Crippen LogP contribution in [0.5, 0.6) is 0 Å². The van der Waals surface area contributed by atoms with Gasteiger partial charge in [-0.2, -0.15) is 0 Å². The lowest BCUT2D eigenvalue weighted by atomic mass is 9.83. The lowest BCUT2D eigenvalue weighted by Crippen LogP contribution is -1.95. The van der Waals surface area contributed by atoms with Crippen molar-refractivity contribution in [3.8, 4) is 33.7 Å². The molecular weight excluding hydrogens is 693 g/mol. The summed E-state index contributed by atoms with van der Waals surface area (Å²) in [7, 11) is 0. The Kier molecular flexibility index (Phi) is 7.55. The van der Waals surface area contributed by atoms with Crippen LogP contribution in [0.1, 0.15) is 6.92 Å². The fraction of sp³-hybridized carbons (Fsp3) is 0.0185. The zero-order valence-electron chi connectivity index (χ0n) is 31.4. The maximum absolute atomic E-state index is 6.71. The monoisotopic (exact) mass is 728 g/mol. The van der Waals surface area contributed by atoms with Gasteiger partial charge in [-0.05, 0) is 109 Å². The van der Waals surface area contributed by atoms with Gasteiger partial charge in [-0.25, -0.2) is 4.98 Å². The first-order valence-corrected chi connectivity index (χ1v) is 19.5. The topological polar surface area (TPSA) is 31.0 Å². The summed E-state index contributed by atoms with van der Waals surface area (Å²) in [6.07, 6.45) is 8.14. The molecule has 0 saturated carbocycles. The summed E-state index contributed by atoms with van der Waals surface area (Å²) in [5.41, 5.74) is 10.8. The number of fused-ring (bicyclic) bond motifs is 10. The molecule has 0 fully saturated rings. The Balaban J connectivity index is 1.22.